The van der Waals surface area contributed by atoms with Crippen LogP contribution < -0.4 is 10.1 Å². The second kappa shape index (κ2) is 8.04. The minimum atomic E-state index is -0.326. The van der Waals surface area contributed by atoms with E-state index in [0.717, 1.165) is 10.0 Å². The number of aliphatic hydroxyl groups excluding tert-OH is 1. The van der Waals surface area contributed by atoms with E-state index in [1.807, 2.05) is 24.3 Å². The number of rotatable bonds is 4. The number of hydrogen-bond donors (Lipinski definition) is 2. The molecule has 152 valence electrons. The fourth-order valence-electron chi connectivity index (χ4n) is 4.24. The molecule has 2 N–H and O–H groups in total. The summed E-state index contributed by atoms with van der Waals surface area (Å²) in [6.07, 6.45) is 0. The van der Waals surface area contributed by atoms with Gasteiger partial charge in [-0.15, -0.1) is 0 Å². The number of hydrogen-bond acceptors (Lipinski definition) is 4. The Morgan fingerprint density at radius 2 is 2.03 bits per heavy atom. The number of methoxy groups -OCH3 is 1. The Kier molecular flexibility index (Phi) is 5.47. The van der Waals surface area contributed by atoms with Gasteiger partial charge in [0.1, 0.15) is 12.3 Å². The lowest BCUT2D eigenvalue weighted by molar-refractivity contribution is -0.159. The molecule has 2 fully saturated rings. The molecule has 3 amide bonds. The largest absolute Gasteiger partial charge is 0.497 e. The molecule has 0 aliphatic carbocycles. The zero-order valence-electron chi connectivity index (χ0n) is 15.9. The normalized spacial score (nSPS) is 23.3. The quantitative estimate of drug-likeness (QED) is 0.736. The van der Waals surface area contributed by atoms with Crippen LogP contribution in [0.25, 0.3) is 0 Å². The van der Waals surface area contributed by atoms with Crippen molar-refractivity contribution in [2.24, 2.45) is 0 Å². The van der Waals surface area contributed by atoms with Gasteiger partial charge in [0, 0.05) is 28.7 Å². The van der Waals surface area contributed by atoms with Crippen molar-refractivity contribution in [2.75, 3.05) is 32.1 Å². The predicted molar refractivity (Wildman–Crippen MR) is 112 cm³/mol. The number of anilines is 1. The molecule has 4 rings (SSSR count). The van der Waals surface area contributed by atoms with Crippen LogP contribution in [0.1, 0.15) is 11.5 Å². The summed E-state index contributed by atoms with van der Waals surface area (Å²) in [5.41, 5.74) is 1.66. The maximum absolute atomic E-state index is 12.8. The number of amides is 3. The summed E-state index contributed by atoms with van der Waals surface area (Å²) in [5.74, 6) is 0.489. The number of halogens is 1. The average Bonchev–Trinajstić information content (AvgIpc) is 2.71. The first kappa shape index (κ1) is 19.7. The van der Waals surface area contributed by atoms with Crippen molar-refractivity contribution in [3.63, 3.8) is 0 Å². The predicted octanol–water partition coefficient (Wildman–Crippen LogP) is 2.66. The number of nitrogens with zero attached hydrogens (tertiary/aromatic N) is 2. The first-order chi connectivity index (χ1) is 14.0. The highest BCUT2D eigenvalue weighted by Gasteiger charge is 2.54. The van der Waals surface area contributed by atoms with E-state index in [0.29, 0.717) is 18.0 Å². The van der Waals surface area contributed by atoms with E-state index in [4.69, 9.17) is 4.74 Å². The van der Waals surface area contributed by atoms with Crippen LogP contribution in [0.2, 0.25) is 0 Å². The van der Waals surface area contributed by atoms with Gasteiger partial charge in [0.25, 0.3) is 0 Å². The topological polar surface area (TPSA) is 82.1 Å². The molecule has 0 saturated carbocycles. The van der Waals surface area contributed by atoms with Gasteiger partial charge in [-0.2, -0.15) is 0 Å². The van der Waals surface area contributed by atoms with Crippen LogP contribution in [-0.4, -0.2) is 65.7 Å². The summed E-state index contributed by atoms with van der Waals surface area (Å²) >= 11 is 3.43. The Hall–Kier alpha value is -2.58. The highest BCUT2D eigenvalue weighted by atomic mass is 79.9. The van der Waals surface area contributed by atoms with Crippen LogP contribution in [0, 0.1) is 0 Å². The third-order valence-electron chi connectivity index (χ3n) is 5.62. The van der Waals surface area contributed by atoms with Gasteiger partial charge in [0.2, 0.25) is 5.91 Å². The fraction of sp³-hybridized carbons (Fsp3) is 0.333. The van der Waals surface area contributed by atoms with Gasteiger partial charge in [0.05, 0.1) is 25.8 Å². The monoisotopic (exact) mass is 459 g/mol. The molecule has 0 spiro atoms. The lowest BCUT2D eigenvalue weighted by atomic mass is 9.74. The molecule has 2 saturated heterocycles. The Labute approximate surface area is 177 Å². The minimum absolute atomic E-state index is 0.00411. The lowest BCUT2D eigenvalue weighted by Crippen LogP contribution is -2.73. The smallest absolute Gasteiger partial charge is 0.322 e. The zero-order valence-corrected chi connectivity index (χ0v) is 17.5. The van der Waals surface area contributed by atoms with E-state index >= 15 is 0 Å². The number of aliphatic hydroxyl groups is 1. The van der Waals surface area contributed by atoms with E-state index in [1.165, 1.54) is 4.90 Å². The summed E-state index contributed by atoms with van der Waals surface area (Å²) in [4.78, 5) is 28.7. The molecule has 2 heterocycles. The number of urea groups is 1. The van der Waals surface area contributed by atoms with Crippen LogP contribution in [0.4, 0.5) is 10.5 Å². The maximum Gasteiger partial charge on any atom is 0.322 e. The summed E-state index contributed by atoms with van der Waals surface area (Å²) in [6, 6.07) is 14.2. The molecule has 29 heavy (non-hydrogen) atoms. The highest BCUT2D eigenvalue weighted by Crippen LogP contribution is 2.43. The van der Waals surface area contributed by atoms with E-state index in [9.17, 15) is 14.7 Å². The van der Waals surface area contributed by atoms with Crippen molar-refractivity contribution in [1.82, 2.24) is 9.80 Å². The summed E-state index contributed by atoms with van der Waals surface area (Å²) in [7, 11) is 1.56. The van der Waals surface area contributed by atoms with Crippen molar-refractivity contribution in [1.29, 1.82) is 0 Å². The standard InChI is InChI=1S/C21H22BrN3O4/c1-29-16-4-2-3-15(9-16)23-21(28)24-10-17-20(13-5-7-14(22)8-6-13)18(12-26)25(17)19(27)11-24/h2-9,17-18,20,26H,10-12H2,1H3,(H,23,28)/t17-,18+,20+/m0/s1. The van der Waals surface area contributed by atoms with Crippen molar-refractivity contribution < 1.29 is 19.4 Å². The molecule has 2 aromatic rings. The van der Waals surface area contributed by atoms with Gasteiger partial charge in [-0.3, -0.25) is 4.79 Å². The Morgan fingerprint density at radius 1 is 1.28 bits per heavy atom. The SMILES string of the molecule is COc1cccc(NC(=O)N2CC(=O)N3[C@H](CO)[C@H](c4ccc(Br)cc4)[C@@H]3C2)c1. The lowest BCUT2D eigenvalue weighted by Gasteiger charge is -2.58. The van der Waals surface area contributed by atoms with Crippen LogP contribution in [0.15, 0.2) is 53.0 Å². The molecule has 2 aliphatic heterocycles. The Balaban J connectivity index is 1.51. The van der Waals surface area contributed by atoms with Crippen molar-refractivity contribution in [3.8, 4) is 5.75 Å². The maximum atomic E-state index is 12.8. The molecule has 8 heteroatoms. The number of piperazine rings is 1. The highest BCUT2D eigenvalue weighted by molar-refractivity contribution is 9.10. The third kappa shape index (κ3) is 3.70. The van der Waals surface area contributed by atoms with Crippen molar-refractivity contribution in [2.45, 2.75) is 18.0 Å². The zero-order chi connectivity index (χ0) is 20.5. The van der Waals surface area contributed by atoms with Gasteiger partial charge in [-0.05, 0) is 29.8 Å². The molecular formula is C21H22BrN3O4. The summed E-state index contributed by atoms with van der Waals surface area (Å²) in [6.45, 7) is 0.313. The number of nitrogens with one attached hydrogen (secondary N) is 1. The number of ether oxygens (including phenoxy) is 1. The summed E-state index contributed by atoms with van der Waals surface area (Å²) in [5, 5.41) is 12.7. The van der Waals surface area contributed by atoms with Gasteiger partial charge in [-0.25, -0.2) is 4.79 Å². The first-order valence-corrected chi connectivity index (χ1v) is 10.2. The van der Waals surface area contributed by atoms with Crippen LogP contribution >= 0.6 is 15.9 Å². The van der Waals surface area contributed by atoms with Gasteiger partial charge < -0.3 is 25.0 Å². The Bertz CT molecular complexity index is 920. The van der Waals surface area contributed by atoms with Gasteiger partial charge in [-0.1, -0.05) is 34.1 Å². The summed E-state index contributed by atoms with van der Waals surface area (Å²) < 4.78 is 6.15. The third-order valence-corrected chi connectivity index (χ3v) is 6.14. The van der Waals surface area contributed by atoms with Gasteiger partial charge in [0.15, 0.2) is 0 Å². The first-order valence-electron chi connectivity index (χ1n) is 9.39. The van der Waals surface area contributed by atoms with Crippen molar-refractivity contribution in [3.05, 3.63) is 58.6 Å². The fourth-order valence-corrected chi connectivity index (χ4v) is 4.51. The number of fused-ring (bicyclic) bond motifs is 1. The number of carbonyl (C=O) groups excluding carboxylic acids is 2. The van der Waals surface area contributed by atoms with E-state index in [1.54, 1.807) is 36.3 Å². The van der Waals surface area contributed by atoms with Crippen LogP contribution in [-0.2, 0) is 4.79 Å². The molecule has 0 bridgehead atoms. The molecule has 2 aromatic carbocycles. The molecule has 0 radical (unpaired) electrons. The molecule has 0 unspecified atom stereocenters. The second-order valence-corrected chi connectivity index (χ2v) is 8.15. The average molecular weight is 460 g/mol. The van der Waals surface area contributed by atoms with Crippen molar-refractivity contribution >= 4 is 33.6 Å². The van der Waals surface area contributed by atoms with Gasteiger partial charge >= 0.3 is 6.03 Å². The molecule has 0 aromatic heterocycles. The molecule has 7 nitrogen and oxygen atoms in total. The number of carbonyl (C=O) groups is 2. The molecule has 3 atom stereocenters. The van der Waals surface area contributed by atoms with Crippen LogP contribution in [0.3, 0.4) is 0 Å². The number of benzene rings is 2. The van der Waals surface area contributed by atoms with E-state index < -0.39 is 0 Å². The second-order valence-electron chi connectivity index (χ2n) is 7.24. The molecular weight excluding hydrogens is 438 g/mol. The Morgan fingerprint density at radius 3 is 2.72 bits per heavy atom. The van der Waals surface area contributed by atoms with E-state index in [2.05, 4.69) is 21.2 Å². The molecule has 2 aliphatic rings. The van der Waals surface area contributed by atoms with Crippen LogP contribution in [0.5, 0.6) is 5.75 Å². The minimum Gasteiger partial charge on any atom is -0.497 e. The van der Waals surface area contributed by atoms with E-state index in [-0.39, 0.29) is 43.1 Å².